The molecular weight excluding hydrogens is 787 g/mol. The van der Waals surface area contributed by atoms with Gasteiger partial charge in [-0.05, 0) is 93.4 Å². The van der Waals surface area contributed by atoms with Crippen molar-refractivity contribution in [1.29, 1.82) is 0 Å². The highest BCUT2D eigenvalue weighted by Crippen LogP contribution is 2.30. The zero-order chi connectivity index (χ0) is 41.2. The van der Waals surface area contributed by atoms with Crippen LogP contribution in [-0.4, -0.2) is 62.3 Å². The van der Waals surface area contributed by atoms with Crippen LogP contribution in [-0.2, 0) is 0 Å². The lowest BCUT2D eigenvalue weighted by Gasteiger charge is -2.17. The first kappa shape index (κ1) is 45.6. The summed E-state index contributed by atoms with van der Waals surface area (Å²) in [6.45, 7) is 10.4. The van der Waals surface area contributed by atoms with Gasteiger partial charge >= 0.3 is 6.01 Å². The van der Waals surface area contributed by atoms with Gasteiger partial charge < -0.3 is 35.5 Å². The highest BCUT2D eigenvalue weighted by atomic mass is 35.5. The summed E-state index contributed by atoms with van der Waals surface area (Å²) >= 11 is 18.4. The number of benzene rings is 2. The number of aromatic nitrogens is 6. The van der Waals surface area contributed by atoms with E-state index in [2.05, 4.69) is 71.9 Å². The summed E-state index contributed by atoms with van der Waals surface area (Å²) in [7, 11) is 3.16. The van der Waals surface area contributed by atoms with Crippen molar-refractivity contribution >= 4 is 70.0 Å². The molecule has 0 amide bonds. The molecule has 312 valence electrons. The number of rotatable bonds is 12. The van der Waals surface area contributed by atoms with Gasteiger partial charge in [0.1, 0.15) is 11.5 Å². The maximum atomic E-state index is 6.22. The van der Waals surface area contributed by atoms with Crippen LogP contribution in [0.4, 0.5) is 35.2 Å². The largest absolute Gasteiger partial charge is 0.495 e. The van der Waals surface area contributed by atoms with Gasteiger partial charge in [0, 0.05) is 23.5 Å². The second kappa shape index (κ2) is 24.0. The van der Waals surface area contributed by atoms with Gasteiger partial charge in [-0.1, -0.05) is 95.3 Å². The van der Waals surface area contributed by atoms with Crippen LogP contribution in [0.5, 0.6) is 17.5 Å². The van der Waals surface area contributed by atoms with Crippen LogP contribution < -0.4 is 35.5 Å². The Kier molecular flexibility index (Phi) is 19.2. The number of methoxy groups -OCH3 is 2. The Bertz CT molecular complexity index is 1800. The molecule has 0 atom stereocenters. The summed E-state index contributed by atoms with van der Waals surface area (Å²) in [6, 6.07) is 11.8. The fourth-order valence-electron chi connectivity index (χ4n) is 6.17. The topological polar surface area (TPSA) is 153 Å². The second-order valence-electron chi connectivity index (χ2n) is 15.0. The molecule has 0 radical (unpaired) electrons. The van der Waals surface area contributed by atoms with E-state index in [0.29, 0.717) is 63.4 Å². The number of ether oxygens (including phenoxy) is 3. The summed E-state index contributed by atoms with van der Waals surface area (Å²) in [5, 5.41) is 14.3. The van der Waals surface area contributed by atoms with Crippen molar-refractivity contribution in [1.82, 2.24) is 29.9 Å². The molecule has 57 heavy (non-hydrogen) atoms. The third kappa shape index (κ3) is 16.7. The fourth-order valence-corrected chi connectivity index (χ4v) is 6.85. The number of hydrogen-bond acceptors (Lipinski definition) is 13. The number of halogens is 3. The Balaban J connectivity index is 0.000000232. The Morgan fingerprint density at radius 2 is 0.930 bits per heavy atom. The summed E-state index contributed by atoms with van der Waals surface area (Å²) in [4.78, 5) is 26.1. The van der Waals surface area contributed by atoms with Gasteiger partial charge in [-0.15, -0.1) is 0 Å². The Morgan fingerprint density at radius 3 is 1.33 bits per heavy atom. The van der Waals surface area contributed by atoms with Crippen molar-refractivity contribution in [3.05, 3.63) is 51.7 Å². The standard InChI is InChI=1S/C20H28ClN5O2.C17H21Cl2N5O.C4H10/c1-13(2)28-20-25-18(22-14-8-6-4-5-7-9-14)24-19(26-20)23-15-10-11-17(27-3)16(21)12-15;1-25-14-9-8-12(10-13(14)18)21-17-23-15(19)22-16(24-17)20-11-6-4-2-3-5-7-11;1-4(2)3/h10-14H,4-9H2,1-3H3,(H2,22,23,24,25,26);8-11H,2-7H2,1H3,(H2,20,21,22,23,24);4H,1-3H3. The lowest BCUT2D eigenvalue weighted by atomic mass is 10.1. The van der Waals surface area contributed by atoms with Gasteiger partial charge in [-0.2, -0.15) is 29.9 Å². The van der Waals surface area contributed by atoms with Crippen LogP contribution in [0.15, 0.2) is 36.4 Å². The first-order chi connectivity index (χ1) is 27.4. The van der Waals surface area contributed by atoms with Crippen LogP contribution in [0, 0.1) is 5.92 Å². The molecule has 0 aliphatic heterocycles. The molecule has 13 nitrogen and oxygen atoms in total. The minimum absolute atomic E-state index is 0.0311. The van der Waals surface area contributed by atoms with Gasteiger partial charge in [0.05, 0.1) is 30.4 Å². The molecule has 2 aliphatic carbocycles. The lowest BCUT2D eigenvalue weighted by molar-refractivity contribution is 0.222. The highest BCUT2D eigenvalue weighted by Gasteiger charge is 2.17. The summed E-state index contributed by atoms with van der Waals surface area (Å²) < 4.78 is 16.1. The molecule has 0 unspecified atom stereocenters. The molecule has 6 rings (SSSR count). The summed E-state index contributed by atoms with van der Waals surface area (Å²) in [5.74, 6) is 3.85. The normalized spacial score (nSPS) is 14.9. The second-order valence-corrected chi connectivity index (χ2v) is 16.2. The van der Waals surface area contributed by atoms with E-state index in [1.807, 2.05) is 26.0 Å². The first-order valence-corrected chi connectivity index (χ1v) is 21.1. The van der Waals surface area contributed by atoms with Gasteiger partial charge in [-0.3, -0.25) is 0 Å². The molecule has 2 heterocycles. The Hall–Kier alpha value is -4.07. The van der Waals surface area contributed by atoms with Gasteiger partial charge in [0.25, 0.3) is 0 Å². The van der Waals surface area contributed by atoms with E-state index in [9.17, 15) is 0 Å². The van der Waals surface area contributed by atoms with Crippen molar-refractivity contribution in [3.8, 4) is 17.5 Å². The Morgan fingerprint density at radius 1 is 0.544 bits per heavy atom. The maximum absolute atomic E-state index is 6.22. The van der Waals surface area contributed by atoms with Crippen molar-refractivity contribution < 1.29 is 14.2 Å². The molecule has 2 saturated carbocycles. The smallest absolute Gasteiger partial charge is 0.323 e. The molecule has 4 aromatic rings. The van der Waals surface area contributed by atoms with Crippen LogP contribution >= 0.6 is 34.8 Å². The maximum Gasteiger partial charge on any atom is 0.323 e. The molecule has 2 fully saturated rings. The van der Waals surface area contributed by atoms with Gasteiger partial charge in [-0.25, -0.2) is 0 Å². The van der Waals surface area contributed by atoms with E-state index in [1.54, 1.807) is 38.5 Å². The molecular formula is C41H59Cl3N10O3. The number of hydrogen-bond donors (Lipinski definition) is 4. The number of nitrogens with one attached hydrogen (secondary N) is 4. The molecule has 2 aliphatic rings. The summed E-state index contributed by atoms with van der Waals surface area (Å²) in [6.07, 6.45) is 14.6. The minimum Gasteiger partial charge on any atom is -0.495 e. The quantitative estimate of drug-likeness (QED) is 0.100. The molecule has 0 saturated heterocycles. The zero-order valence-corrected chi connectivity index (χ0v) is 36.6. The van der Waals surface area contributed by atoms with E-state index in [1.165, 1.54) is 51.4 Å². The van der Waals surface area contributed by atoms with Crippen molar-refractivity contribution in [2.75, 3.05) is 35.5 Å². The molecule has 16 heteroatoms. The summed E-state index contributed by atoms with van der Waals surface area (Å²) in [5.41, 5.74) is 1.50. The van der Waals surface area contributed by atoms with Crippen molar-refractivity contribution in [2.45, 2.75) is 130 Å². The molecule has 2 aromatic heterocycles. The zero-order valence-electron chi connectivity index (χ0n) is 34.3. The molecule has 4 N–H and O–H groups in total. The van der Waals surface area contributed by atoms with E-state index in [-0.39, 0.29) is 11.4 Å². The minimum atomic E-state index is -0.0311. The molecule has 2 aromatic carbocycles. The first-order valence-electron chi connectivity index (χ1n) is 20.0. The van der Waals surface area contributed by atoms with E-state index in [0.717, 1.165) is 43.0 Å². The predicted molar refractivity (Wildman–Crippen MR) is 234 cm³/mol. The third-order valence-corrected chi connectivity index (χ3v) is 9.52. The van der Waals surface area contributed by atoms with E-state index >= 15 is 0 Å². The molecule has 0 bridgehead atoms. The SMILES string of the molecule is CC(C)C.COc1ccc(Nc2nc(Cl)nc(NC3CCCCCC3)n2)cc1Cl.COc1ccc(Nc2nc(NC3CCCCCC3)nc(OC(C)C)n2)cc1Cl. The highest BCUT2D eigenvalue weighted by molar-refractivity contribution is 6.32. The van der Waals surface area contributed by atoms with Gasteiger partial charge in [0.15, 0.2) is 0 Å². The monoisotopic (exact) mass is 844 g/mol. The predicted octanol–water partition coefficient (Wildman–Crippen LogP) is 11.9. The lowest BCUT2D eigenvalue weighted by Crippen LogP contribution is -2.21. The van der Waals surface area contributed by atoms with E-state index < -0.39 is 0 Å². The van der Waals surface area contributed by atoms with Crippen LogP contribution in [0.3, 0.4) is 0 Å². The number of anilines is 6. The molecule has 0 spiro atoms. The van der Waals surface area contributed by atoms with E-state index in [4.69, 9.17) is 49.0 Å². The third-order valence-electron chi connectivity index (χ3n) is 8.76. The van der Waals surface area contributed by atoms with Crippen molar-refractivity contribution in [3.63, 3.8) is 0 Å². The average Bonchev–Trinajstić information content (AvgIpc) is 3.56. The average molecular weight is 846 g/mol. The van der Waals surface area contributed by atoms with Crippen LogP contribution in [0.25, 0.3) is 0 Å². The van der Waals surface area contributed by atoms with Crippen LogP contribution in [0.1, 0.15) is 112 Å². The number of nitrogens with zero attached hydrogens (tertiary/aromatic N) is 6. The van der Waals surface area contributed by atoms with Crippen LogP contribution in [0.2, 0.25) is 15.3 Å². The van der Waals surface area contributed by atoms with Crippen molar-refractivity contribution in [2.24, 2.45) is 5.92 Å². The fraction of sp³-hybridized carbons (Fsp3) is 0.561. The Labute approximate surface area is 353 Å². The van der Waals surface area contributed by atoms with Gasteiger partial charge in [0.2, 0.25) is 29.1 Å².